The maximum Gasteiger partial charge on any atom is 0.411 e. The second-order valence-electron chi connectivity index (χ2n) is 5.44. The fourth-order valence-electron chi connectivity index (χ4n) is 2.21. The first-order chi connectivity index (χ1) is 11.3. The van der Waals surface area contributed by atoms with Gasteiger partial charge in [-0.2, -0.15) is 0 Å². The van der Waals surface area contributed by atoms with Gasteiger partial charge in [0.15, 0.2) is 0 Å². The Hall–Kier alpha value is -1.50. The molecule has 0 radical (unpaired) electrons. The summed E-state index contributed by atoms with van der Waals surface area (Å²) in [5.74, 6) is 0.810. The predicted molar refractivity (Wildman–Crippen MR) is 96.3 cm³/mol. The molecule has 2 rings (SSSR count). The molecule has 1 saturated heterocycles. The molecule has 0 aliphatic carbocycles. The molecule has 0 saturated carbocycles. The molecule has 1 aromatic carbocycles. The summed E-state index contributed by atoms with van der Waals surface area (Å²) in [6, 6.07) is 7.31. The first kappa shape index (κ1) is 20.5. The van der Waals surface area contributed by atoms with E-state index in [1.807, 2.05) is 24.3 Å². The van der Waals surface area contributed by atoms with Gasteiger partial charge in [-0.1, -0.05) is 13.3 Å². The van der Waals surface area contributed by atoms with Crippen LogP contribution in [-0.2, 0) is 9.47 Å². The second-order valence-corrected chi connectivity index (χ2v) is 5.44. The van der Waals surface area contributed by atoms with Gasteiger partial charge < -0.3 is 14.2 Å². The third-order valence-electron chi connectivity index (χ3n) is 3.61. The number of morpholine rings is 1. The van der Waals surface area contributed by atoms with E-state index in [2.05, 4.69) is 17.1 Å². The summed E-state index contributed by atoms with van der Waals surface area (Å²) >= 11 is 0. The topological polar surface area (TPSA) is 60.0 Å². The molecule has 0 atom stereocenters. The molecule has 0 bridgehead atoms. The van der Waals surface area contributed by atoms with Gasteiger partial charge in [0.05, 0.1) is 19.8 Å². The highest BCUT2D eigenvalue weighted by molar-refractivity contribution is 5.85. The Morgan fingerprint density at radius 2 is 1.92 bits per heavy atom. The Morgan fingerprint density at radius 1 is 1.21 bits per heavy atom. The van der Waals surface area contributed by atoms with Crippen molar-refractivity contribution in [3.63, 3.8) is 0 Å². The highest BCUT2D eigenvalue weighted by Crippen LogP contribution is 2.16. The van der Waals surface area contributed by atoms with Crippen molar-refractivity contribution in [2.24, 2.45) is 0 Å². The maximum absolute atomic E-state index is 11.7. The summed E-state index contributed by atoms with van der Waals surface area (Å²) in [5, 5.41) is 2.71. The minimum absolute atomic E-state index is 0. The number of nitrogens with zero attached hydrogens (tertiary/aromatic N) is 1. The average Bonchev–Trinajstić information content (AvgIpc) is 2.58. The van der Waals surface area contributed by atoms with E-state index in [0.29, 0.717) is 18.9 Å². The number of amides is 1. The molecular weight excluding hydrogens is 332 g/mol. The Kier molecular flexibility index (Phi) is 10.2. The normalized spacial score (nSPS) is 14.5. The number of benzene rings is 1. The summed E-state index contributed by atoms with van der Waals surface area (Å²) < 4.78 is 16.0. The van der Waals surface area contributed by atoms with Crippen molar-refractivity contribution >= 4 is 24.2 Å². The van der Waals surface area contributed by atoms with Crippen LogP contribution in [0.2, 0.25) is 0 Å². The van der Waals surface area contributed by atoms with Crippen LogP contribution in [0.4, 0.5) is 10.5 Å². The molecule has 1 amide bonds. The van der Waals surface area contributed by atoms with Gasteiger partial charge in [0.1, 0.15) is 12.4 Å². The lowest BCUT2D eigenvalue weighted by Crippen LogP contribution is -2.38. The second kappa shape index (κ2) is 11.9. The molecule has 1 fully saturated rings. The molecule has 1 aliphatic rings. The maximum atomic E-state index is 11.7. The van der Waals surface area contributed by atoms with Gasteiger partial charge in [0.2, 0.25) is 0 Å². The summed E-state index contributed by atoms with van der Waals surface area (Å²) in [6.07, 6.45) is 1.71. The fraction of sp³-hybridized carbons (Fsp3) is 0.588. The number of carbonyl (C=O) groups is 1. The summed E-state index contributed by atoms with van der Waals surface area (Å²) in [6.45, 7) is 7.24. The lowest BCUT2D eigenvalue weighted by Gasteiger charge is -2.26. The number of hydrogen-bond acceptors (Lipinski definition) is 5. The molecule has 136 valence electrons. The van der Waals surface area contributed by atoms with Gasteiger partial charge in [-0.05, 0) is 30.7 Å². The third kappa shape index (κ3) is 7.86. The van der Waals surface area contributed by atoms with Crippen molar-refractivity contribution in [3.8, 4) is 5.75 Å². The van der Waals surface area contributed by atoms with Crippen LogP contribution in [-0.4, -0.2) is 57.1 Å². The predicted octanol–water partition coefficient (Wildman–Crippen LogP) is 3.17. The molecule has 0 aromatic heterocycles. The molecule has 0 unspecified atom stereocenters. The molecule has 1 N–H and O–H groups in total. The fourth-order valence-corrected chi connectivity index (χ4v) is 2.21. The number of anilines is 1. The molecule has 0 spiro atoms. The van der Waals surface area contributed by atoms with Gasteiger partial charge >= 0.3 is 6.09 Å². The first-order valence-electron chi connectivity index (χ1n) is 8.24. The Bertz CT molecular complexity index is 464. The molecule has 1 aliphatic heterocycles. The van der Waals surface area contributed by atoms with E-state index >= 15 is 0 Å². The molecule has 24 heavy (non-hydrogen) atoms. The Labute approximate surface area is 149 Å². The van der Waals surface area contributed by atoms with E-state index in [4.69, 9.17) is 14.2 Å². The van der Waals surface area contributed by atoms with Gasteiger partial charge in [0.25, 0.3) is 0 Å². The van der Waals surface area contributed by atoms with Crippen LogP contribution in [0.3, 0.4) is 0 Å². The van der Waals surface area contributed by atoms with Crippen LogP contribution in [0.25, 0.3) is 0 Å². The van der Waals surface area contributed by atoms with Crippen LogP contribution < -0.4 is 10.1 Å². The van der Waals surface area contributed by atoms with Gasteiger partial charge in [0, 0.05) is 25.3 Å². The lowest BCUT2D eigenvalue weighted by molar-refractivity contribution is 0.0290. The first-order valence-corrected chi connectivity index (χ1v) is 8.24. The van der Waals surface area contributed by atoms with Crippen molar-refractivity contribution in [1.29, 1.82) is 0 Å². The van der Waals surface area contributed by atoms with Crippen LogP contribution in [0.5, 0.6) is 5.75 Å². The number of rotatable bonds is 8. The zero-order valence-electron chi connectivity index (χ0n) is 14.2. The number of halogens is 1. The van der Waals surface area contributed by atoms with Crippen LogP contribution in [0.15, 0.2) is 24.3 Å². The van der Waals surface area contributed by atoms with E-state index in [-0.39, 0.29) is 12.4 Å². The Morgan fingerprint density at radius 3 is 2.58 bits per heavy atom. The zero-order chi connectivity index (χ0) is 16.3. The molecule has 7 heteroatoms. The zero-order valence-corrected chi connectivity index (χ0v) is 15.0. The number of ether oxygens (including phenoxy) is 3. The van der Waals surface area contributed by atoms with E-state index < -0.39 is 6.09 Å². The SMILES string of the molecule is CCCCOc1ccc(NC(=O)OCCN2CCOCC2)cc1.Cl. The van der Waals surface area contributed by atoms with Gasteiger partial charge in [-0.3, -0.25) is 10.2 Å². The van der Waals surface area contributed by atoms with Crippen molar-refractivity contribution < 1.29 is 19.0 Å². The summed E-state index contributed by atoms with van der Waals surface area (Å²) in [4.78, 5) is 14.0. The summed E-state index contributed by atoms with van der Waals surface area (Å²) in [5.41, 5.74) is 0.698. The quantitative estimate of drug-likeness (QED) is 0.723. The van der Waals surface area contributed by atoms with Crippen molar-refractivity contribution in [1.82, 2.24) is 4.90 Å². The van der Waals surface area contributed by atoms with E-state index in [1.54, 1.807) is 0 Å². The standard InChI is InChI=1S/C17H26N2O4.ClH/c1-2-3-11-22-16-6-4-15(5-7-16)18-17(20)23-14-10-19-8-12-21-13-9-19;/h4-7H,2-3,8-14H2,1H3,(H,18,20);1H. The number of carbonyl (C=O) groups excluding carboxylic acids is 1. The highest BCUT2D eigenvalue weighted by Gasteiger charge is 2.11. The van der Waals surface area contributed by atoms with E-state index in [0.717, 1.165) is 51.4 Å². The van der Waals surface area contributed by atoms with Crippen molar-refractivity contribution in [3.05, 3.63) is 24.3 Å². The minimum atomic E-state index is -0.432. The number of unbranched alkanes of at least 4 members (excludes halogenated alkanes) is 1. The van der Waals surface area contributed by atoms with Crippen molar-refractivity contribution in [2.45, 2.75) is 19.8 Å². The largest absolute Gasteiger partial charge is 0.494 e. The highest BCUT2D eigenvalue weighted by atomic mass is 35.5. The van der Waals surface area contributed by atoms with Gasteiger partial charge in [-0.15, -0.1) is 12.4 Å². The average molecular weight is 359 g/mol. The van der Waals surface area contributed by atoms with Crippen molar-refractivity contribution in [2.75, 3.05) is 51.4 Å². The molecule has 1 aromatic rings. The van der Waals surface area contributed by atoms with Crippen LogP contribution in [0, 0.1) is 0 Å². The van der Waals surface area contributed by atoms with Crippen LogP contribution >= 0.6 is 12.4 Å². The van der Waals surface area contributed by atoms with E-state index in [9.17, 15) is 4.79 Å². The van der Waals surface area contributed by atoms with E-state index in [1.165, 1.54) is 0 Å². The number of hydrogen-bond donors (Lipinski definition) is 1. The molecule has 1 heterocycles. The molecular formula is C17H27ClN2O4. The van der Waals surface area contributed by atoms with Crippen LogP contribution in [0.1, 0.15) is 19.8 Å². The number of nitrogens with one attached hydrogen (secondary N) is 1. The summed E-state index contributed by atoms with van der Waals surface area (Å²) in [7, 11) is 0. The monoisotopic (exact) mass is 358 g/mol. The third-order valence-corrected chi connectivity index (χ3v) is 3.61. The Balaban J connectivity index is 0.00000288. The lowest BCUT2D eigenvalue weighted by atomic mass is 10.3. The molecule has 6 nitrogen and oxygen atoms in total. The minimum Gasteiger partial charge on any atom is -0.494 e. The smallest absolute Gasteiger partial charge is 0.411 e. The van der Waals surface area contributed by atoms with Gasteiger partial charge in [-0.25, -0.2) is 4.79 Å².